The van der Waals surface area contributed by atoms with Gasteiger partial charge in [-0.15, -0.1) is 10.2 Å². The fraction of sp³-hybridized carbons (Fsp3) is 0.368. The third kappa shape index (κ3) is 4.03. The second-order valence-corrected chi connectivity index (χ2v) is 9.13. The number of anilines is 1. The van der Waals surface area contributed by atoms with Gasteiger partial charge in [0, 0.05) is 33.2 Å². The van der Waals surface area contributed by atoms with Gasteiger partial charge in [-0.1, -0.05) is 0 Å². The fourth-order valence-electron chi connectivity index (χ4n) is 3.20. The summed E-state index contributed by atoms with van der Waals surface area (Å²) < 4.78 is 44.5. The summed E-state index contributed by atoms with van der Waals surface area (Å²) in [6, 6.07) is 5.77. The zero-order valence-corrected chi connectivity index (χ0v) is 17.4. The van der Waals surface area contributed by atoms with E-state index in [1.807, 2.05) is 4.90 Å². The van der Waals surface area contributed by atoms with Crippen LogP contribution in [0.25, 0.3) is 23.0 Å². The second kappa shape index (κ2) is 8.07. The van der Waals surface area contributed by atoms with Crippen LogP contribution >= 0.6 is 0 Å². The van der Waals surface area contributed by atoms with Gasteiger partial charge in [0.2, 0.25) is 15.9 Å². The Morgan fingerprint density at radius 3 is 2.43 bits per heavy atom. The molecular weight excluding hydrogens is 411 g/mol. The molecule has 30 heavy (non-hydrogen) atoms. The zero-order valence-electron chi connectivity index (χ0n) is 16.6. The summed E-state index contributed by atoms with van der Waals surface area (Å²) in [7, 11) is -3.20. The van der Waals surface area contributed by atoms with Crippen molar-refractivity contribution in [3.63, 3.8) is 0 Å². The summed E-state index contributed by atoms with van der Waals surface area (Å²) in [5.74, 6) is 0.837. The minimum atomic E-state index is -3.20. The highest BCUT2D eigenvalue weighted by Crippen LogP contribution is 2.26. The van der Waals surface area contributed by atoms with E-state index in [4.69, 9.17) is 4.42 Å². The van der Waals surface area contributed by atoms with Crippen LogP contribution < -0.4 is 4.90 Å². The highest BCUT2D eigenvalue weighted by atomic mass is 32.2. The smallest absolute Gasteiger partial charge is 0.268 e. The van der Waals surface area contributed by atoms with E-state index >= 15 is 0 Å². The van der Waals surface area contributed by atoms with E-state index in [9.17, 15) is 12.8 Å². The summed E-state index contributed by atoms with van der Waals surface area (Å²) in [6.45, 7) is 5.26. The predicted octanol–water partition coefficient (Wildman–Crippen LogP) is 2.36. The molecule has 1 aromatic carbocycles. The van der Waals surface area contributed by atoms with Gasteiger partial charge in [0.25, 0.3) is 5.89 Å². The molecule has 1 aliphatic heterocycles. The van der Waals surface area contributed by atoms with Crippen LogP contribution in [0.5, 0.6) is 0 Å². The van der Waals surface area contributed by atoms with Crippen LogP contribution in [0.2, 0.25) is 0 Å². The molecule has 4 rings (SSSR count). The summed E-state index contributed by atoms with van der Waals surface area (Å²) in [4.78, 5) is 11.0. The van der Waals surface area contributed by atoms with Crippen LogP contribution in [-0.4, -0.2) is 64.8 Å². The lowest BCUT2D eigenvalue weighted by Crippen LogP contribution is -2.49. The van der Waals surface area contributed by atoms with Gasteiger partial charge in [0.15, 0.2) is 5.69 Å². The highest BCUT2D eigenvalue weighted by Gasteiger charge is 2.27. The Hall–Kier alpha value is -2.92. The normalized spacial score (nSPS) is 15.5. The van der Waals surface area contributed by atoms with Crippen LogP contribution in [0.15, 0.2) is 34.9 Å². The molecule has 0 radical (unpaired) electrons. The molecule has 1 fully saturated rings. The molecule has 0 aliphatic carbocycles. The Morgan fingerprint density at radius 2 is 1.77 bits per heavy atom. The molecule has 0 spiro atoms. The largest absolute Gasteiger partial charge is 0.415 e. The maximum atomic E-state index is 13.1. The SMILES string of the molecule is CCS(=O)(=O)N1CCN(c2cnc(C)c(-c3nnc(-c4ccc(F)cc4)o3)n2)CC1.[HH]. The molecule has 0 bridgehead atoms. The fourth-order valence-corrected chi connectivity index (χ4v) is 4.29. The summed E-state index contributed by atoms with van der Waals surface area (Å²) >= 11 is 0. The number of rotatable bonds is 5. The van der Waals surface area contributed by atoms with Crippen molar-refractivity contribution >= 4 is 15.8 Å². The molecule has 0 amide bonds. The lowest BCUT2D eigenvalue weighted by atomic mass is 10.2. The second-order valence-electron chi connectivity index (χ2n) is 6.87. The van der Waals surface area contributed by atoms with Crippen molar-refractivity contribution in [2.75, 3.05) is 36.8 Å². The maximum absolute atomic E-state index is 13.1. The first-order valence-electron chi connectivity index (χ1n) is 9.53. The van der Waals surface area contributed by atoms with Crippen molar-refractivity contribution in [2.24, 2.45) is 0 Å². The number of hydrogen-bond acceptors (Lipinski definition) is 8. The number of halogens is 1. The van der Waals surface area contributed by atoms with E-state index in [1.54, 1.807) is 32.2 Å². The van der Waals surface area contributed by atoms with E-state index in [2.05, 4.69) is 20.2 Å². The number of nitrogens with zero attached hydrogens (tertiary/aromatic N) is 6. The van der Waals surface area contributed by atoms with E-state index in [0.29, 0.717) is 48.9 Å². The molecule has 3 heterocycles. The van der Waals surface area contributed by atoms with E-state index in [0.717, 1.165) is 0 Å². The number of hydrogen-bond donors (Lipinski definition) is 0. The predicted molar refractivity (Wildman–Crippen MR) is 111 cm³/mol. The van der Waals surface area contributed by atoms with Gasteiger partial charge in [-0.3, -0.25) is 4.98 Å². The minimum absolute atomic E-state index is 0. The van der Waals surface area contributed by atoms with Crippen LogP contribution in [-0.2, 0) is 10.0 Å². The molecule has 1 aliphatic rings. The van der Waals surface area contributed by atoms with Crippen molar-refractivity contribution in [3.05, 3.63) is 42.0 Å². The highest BCUT2D eigenvalue weighted by molar-refractivity contribution is 7.89. The molecule has 160 valence electrons. The lowest BCUT2D eigenvalue weighted by Gasteiger charge is -2.34. The lowest BCUT2D eigenvalue weighted by molar-refractivity contribution is 0.384. The van der Waals surface area contributed by atoms with Gasteiger partial charge >= 0.3 is 0 Å². The number of aryl methyl sites for hydroxylation is 1. The van der Waals surface area contributed by atoms with Crippen molar-refractivity contribution in [2.45, 2.75) is 13.8 Å². The molecule has 3 aromatic rings. The van der Waals surface area contributed by atoms with Gasteiger partial charge in [-0.25, -0.2) is 17.8 Å². The molecule has 2 aromatic heterocycles. The third-order valence-corrected chi connectivity index (χ3v) is 6.86. The van der Waals surface area contributed by atoms with E-state index in [-0.39, 0.29) is 24.8 Å². The molecule has 1 saturated heterocycles. The summed E-state index contributed by atoms with van der Waals surface area (Å²) in [6.07, 6.45) is 1.65. The monoisotopic (exact) mass is 434 g/mol. The molecule has 0 atom stereocenters. The molecule has 9 nitrogen and oxygen atoms in total. The van der Waals surface area contributed by atoms with E-state index in [1.165, 1.54) is 16.4 Å². The molecule has 0 N–H and O–H groups in total. The number of aromatic nitrogens is 4. The molecular formula is C19H23FN6O3S. The van der Waals surface area contributed by atoms with Crippen LogP contribution in [0.3, 0.4) is 0 Å². The Bertz CT molecular complexity index is 1150. The Kier molecular flexibility index (Phi) is 5.48. The third-order valence-electron chi connectivity index (χ3n) is 4.98. The van der Waals surface area contributed by atoms with Gasteiger partial charge in [-0.05, 0) is 38.1 Å². The summed E-state index contributed by atoms with van der Waals surface area (Å²) in [5.41, 5.74) is 1.68. The average molecular weight is 434 g/mol. The van der Waals surface area contributed by atoms with Crippen LogP contribution in [0.4, 0.5) is 10.2 Å². The standard InChI is InChI=1S/C19H21FN6O3S.H2/c1-3-30(27,28)26-10-8-25(9-11-26)16-12-21-13(2)17(22-16)19-24-23-18(29-19)14-4-6-15(20)7-5-14;/h4-7,12H,3,8-11H2,1-2H3;1H. The minimum Gasteiger partial charge on any atom is -0.415 e. The summed E-state index contributed by atoms with van der Waals surface area (Å²) in [5, 5.41) is 8.10. The Balaban J connectivity index is 0.00000272. The first-order valence-corrected chi connectivity index (χ1v) is 11.1. The van der Waals surface area contributed by atoms with Crippen molar-refractivity contribution < 1.29 is 18.7 Å². The van der Waals surface area contributed by atoms with Crippen LogP contribution in [0, 0.1) is 12.7 Å². The van der Waals surface area contributed by atoms with Crippen molar-refractivity contribution in [1.29, 1.82) is 0 Å². The van der Waals surface area contributed by atoms with Crippen molar-refractivity contribution in [3.8, 4) is 23.0 Å². The first-order chi connectivity index (χ1) is 14.4. The molecule has 0 saturated carbocycles. The maximum Gasteiger partial charge on any atom is 0.268 e. The van der Waals surface area contributed by atoms with Gasteiger partial charge in [0.1, 0.15) is 11.6 Å². The molecule has 11 heteroatoms. The topological polar surface area (TPSA) is 105 Å². The average Bonchev–Trinajstić information content (AvgIpc) is 3.25. The first kappa shape index (κ1) is 20.4. The number of benzene rings is 1. The molecule has 0 unspecified atom stereocenters. The zero-order chi connectivity index (χ0) is 21.3. The van der Waals surface area contributed by atoms with Gasteiger partial charge < -0.3 is 9.32 Å². The quantitative estimate of drug-likeness (QED) is 0.603. The number of piperazine rings is 1. The number of sulfonamides is 1. The Morgan fingerprint density at radius 1 is 1.10 bits per heavy atom. The Labute approximate surface area is 175 Å². The van der Waals surface area contributed by atoms with Gasteiger partial charge in [0.05, 0.1) is 17.6 Å². The van der Waals surface area contributed by atoms with Crippen LogP contribution in [0.1, 0.15) is 14.0 Å². The van der Waals surface area contributed by atoms with E-state index < -0.39 is 10.0 Å². The van der Waals surface area contributed by atoms with Crippen molar-refractivity contribution in [1.82, 2.24) is 24.5 Å². The van der Waals surface area contributed by atoms with Gasteiger partial charge in [-0.2, -0.15) is 4.31 Å².